The lowest BCUT2D eigenvalue weighted by molar-refractivity contribution is -0.143. The minimum Gasteiger partial charge on any atom is -0.433 e. The van der Waals surface area contributed by atoms with E-state index in [2.05, 4.69) is 16.7 Å². The van der Waals surface area contributed by atoms with Crippen LogP contribution in [0.25, 0.3) is 0 Å². The van der Waals surface area contributed by atoms with Gasteiger partial charge in [-0.25, -0.2) is 4.79 Å². The maximum absolute atomic E-state index is 13.1. The number of carbonyl (C=O) groups excluding carboxylic acids is 2. The first kappa shape index (κ1) is 24.3. The molecule has 7 nitrogen and oxygen atoms in total. The van der Waals surface area contributed by atoms with Gasteiger partial charge in [-0.3, -0.25) is 4.79 Å². The molecule has 2 aromatic carbocycles. The lowest BCUT2D eigenvalue weighted by Gasteiger charge is -2.35. The topological polar surface area (TPSA) is 100 Å². The number of amides is 2. The van der Waals surface area contributed by atoms with Crippen LogP contribution in [0, 0.1) is 17.2 Å². The van der Waals surface area contributed by atoms with Crippen LogP contribution in [0.4, 0.5) is 4.79 Å². The molecule has 1 aliphatic rings. The molecule has 2 amide bonds. The Kier molecular flexibility index (Phi) is 9.28. The highest BCUT2D eigenvalue weighted by atomic mass is 16.6. The Morgan fingerprint density at radius 1 is 0.939 bits per heavy atom. The summed E-state index contributed by atoms with van der Waals surface area (Å²) in [4.78, 5) is 25.6. The molecule has 174 valence electrons. The molecule has 0 spiro atoms. The summed E-state index contributed by atoms with van der Waals surface area (Å²) < 4.78 is 11.3. The Bertz CT molecular complexity index is 922. The molecular formula is C26H31N3O4. The van der Waals surface area contributed by atoms with Crippen LogP contribution in [0.2, 0.25) is 0 Å². The highest BCUT2D eigenvalue weighted by Crippen LogP contribution is 2.32. The average molecular weight is 450 g/mol. The molecule has 0 saturated heterocycles. The molecule has 1 saturated carbocycles. The SMILES string of the molecule is N#CC(CNC(=O)C1(OC(=O)NCc2ccccc2)CCCCC1)COCc1ccccc1. The monoisotopic (exact) mass is 449 g/mol. The van der Waals surface area contributed by atoms with Crippen molar-refractivity contribution in [2.24, 2.45) is 5.92 Å². The van der Waals surface area contributed by atoms with Crippen molar-refractivity contribution < 1.29 is 19.1 Å². The largest absolute Gasteiger partial charge is 0.433 e. The Hall–Kier alpha value is -3.37. The molecule has 7 heteroatoms. The van der Waals surface area contributed by atoms with E-state index in [1.807, 2.05) is 60.7 Å². The molecule has 1 fully saturated rings. The number of nitrogens with zero attached hydrogens (tertiary/aromatic N) is 1. The van der Waals surface area contributed by atoms with Crippen LogP contribution in [-0.4, -0.2) is 30.8 Å². The van der Waals surface area contributed by atoms with Crippen molar-refractivity contribution in [2.45, 2.75) is 50.9 Å². The molecule has 0 heterocycles. The van der Waals surface area contributed by atoms with Gasteiger partial charge in [-0.2, -0.15) is 5.26 Å². The molecule has 0 aromatic heterocycles. The van der Waals surface area contributed by atoms with Crippen LogP contribution < -0.4 is 10.6 Å². The highest BCUT2D eigenvalue weighted by molar-refractivity contribution is 5.87. The van der Waals surface area contributed by atoms with Gasteiger partial charge in [-0.15, -0.1) is 0 Å². The van der Waals surface area contributed by atoms with E-state index in [0.717, 1.165) is 30.4 Å². The summed E-state index contributed by atoms with van der Waals surface area (Å²) in [5.74, 6) is -0.842. The van der Waals surface area contributed by atoms with Gasteiger partial charge in [0, 0.05) is 13.1 Å². The van der Waals surface area contributed by atoms with Gasteiger partial charge in [0.05, 0.1) is 25.2 Å². The third-order valence-corrected chi connectivity index (χ3v) is 5.76. The zero-order chi connectivity index (χ0) is 23.4. The lowest BCUT2D eigenvalue weighted by Crippen LogP contribution is -2.53. The van der Waals surface area contributed by atoms with Crippen LogP contribution in [0.3, 0.4) is 0 Å². The summed E-state index contributed by atoms with van der Waals surface area (Å²) in [6, 6.07) is 21.4. The van der Waals surface area contributed by atoms with Crippen molar-refractivity contribution in [2.75, 3.05) is 13.2 Å². The zero-order valence-electron chi connectivity index (χ0n) is 18.8. The number of rotatable bonds is 10. The van der Waals surface area contributed by atoms with Crippen LogP contribution in [0.5, 0.6) is 0 Å². The maximum Gasteiger partial charge on any atom is 0.408 e. The molecular weight excluding hydrogens is 418 g/mol. The van der Waals surface area contributed by atoms with Crippen LogP contribution in [0.1, 0.15) is 43.2 Å². The predicted octanol–water partition coefficient (Wildman–Crippen LogP) is 4.09. The van der Waals surface area contributed by atoms with Crippen LogP contribution >= 0.6 is 0 Å². The normalized spacial score (nSPS) is 15.6. The predicted molar refractivity (Wildman–Crippen MR) is 124 cm³/mol. The number of carbonyl (C=O) groups is 2. The lowest BCUT2D eigenvalue weighted by atomic mass is 9.83. The second-order valence-electron chi connectivity index (χ2n) is 8.32. The van der Waals surface area contributed by atoms with Crippen molar-refractivity contribution in [1.82, 2.24) is 10.6 Å². The van der Waals surface area contributed by atoms with Gasteiger partial charge in [-0.1, -0.05) is 67.1 Å². The first-order valence-electron chi connectivity index (χ1n) is 11.4. The van der Waals surface area contributed by atoms with Gasteiger partial charge in [0.1, 0.15) is 0 Å². The summed E-state index contributed by atoms with van der Waals surface area (Å²) in [6.45, 7) is 1.08. The zero-order valence-corrected chi connectivity index (χ0v) is 18.8. The number of ether oxygens (including phenoxy) is 2. The number of hydrogen-bond donors (Lipinski definition) is 2. The van der Waals surface area contributed by atoms with E-state index >= 15 is 0 Å². The minimum absolute atomic E-state index is 0.140. The molecule has 33 heavy (non-hydrogen) atoms. The van der Waals surface area contributed by atoms with E-state index < -0.39 is 17.6 Å². The van der Waals surface area contributed by atoms with E-state index in [0.29, 0.717) is 26.0 Å². The van der Waals surface area contributed by atoms with Crippen molar-refractivity contribution in [3.63, 3.8) is 0 Å². The number of alkyl carbamates (subject to hydrolysis) is 1. The minimum atomic E-state index is -1.20. The Balaban J connectivity index is 1.50. The summed E-state index contributed by atoms with van der Waals surface area (Å²) in [5, 5.41) is 15.0. The Morgan fingerprint density at radius 2 is 1.58 bits per heavy atom. The molecule has 0 radical (unpaired) electrons. The van der Waals surface area contributed by atoms with E-state index in [1.54, 1.807) is 0 Å². The highest BCUT2D eigenvalue weighted by Gasteiger charge is 2.43. The fourth-order valence-electron chi connectivity index (χ4n) is 3.89. The van der Waals surface area contributed by atoms with Crippen molar-refractivity contribution in [3.8, 4) is 6.07 Å². The number of nitrogens with one attached hydrogen (secondary N) is 2. The average Bonchev–Trinajstić information content (AvgIpc) is 2.86. The van der Waals surface area contributed by atoms with E-state index in [9.17, 15) is 14.9 Å². The van der Waals surface area contributed by atoms with Gasteiger partial charge >= 0.3 is 6.09 Å². The molecule has 1 atom stereocenters. The fourth-order valence-corrected chi connectivity index (χ4v) is 3.89. The molecule has 2 N–H and O–H groups in total. The molecule has 1 unspecified atom stereocenters. The van der Waals surface area contributed by atoms with Crippen LogP contribution in [0.15, 0.2) is 60.7 Å². The number of nitriles is 1. The summed E-state index contributed by atoms with van der Waals surface area (Å²) in [5.41, 5.74) is 0.766. The van der Waals surface area contributed by atoms with Gasteiger partial charge in [0.15, 0.2) is 5.60 Å². The quantitative estimate of drug-likeness (QED) is 0.569. The van der Waals surface area contributed by atoms with E-state index in [1.165, 1.54) is 0 Å². The third-order valence-electron chi connectivity index (χ3n) is 5.76. The second-order valence-corrected chi connectivity index (χ2v) is 8.32. The summed E-state index contributed by atoms with van der Waals surface area (Å²) in [6.07, 6.45) is 2.94. The molecule has 1 aliphatic carbocycles. The Morgan fingerprint density at radius 3 is 2.21 bits per heavy atom. The smallest absolute Gasteiger partial charge is 0.408 e. The number of hydrogen-bond acceptors (Lipinski definition) is 5. The standard InChI is InChI=1S/C26H31N3O4/c27-16-23(20-32-19-22-12-6-2-7-13-22)18-28-24(30)26(14-8-3-9-15-26)33-25(31)29-17-21-10-4-1-5-11-21/h1-2,4-7,10-13,23H,3,8-9,14-15,17-20H2,(H,28,30)(H,29,31). The third kappa shape index (κ3) is 7.62. The first-order chi connectivity index (χ1) is 16.1. The second kappa shape index (κ2) is 12.6. The van der Waals surface area contributed by atoms with Gasteiger partial charge in [0.2, 0.25) is 0 Å². The maximum atomic E-state index is 13.1. The van der Waals surface area contributed by atoms with Crippen molar-refractivity contribution in [1.29, 1.82) is 5.26 Å². The van der Waals surface area contributed by atoms with Crippen molar-refractivity contribution in [3.05, 3.63) is 71.8 Å². The molecule has 3 rings (SSSR count). The molecule has 0 bridgehead atoms. The Labute approximate surface area is 195 Å². The summed E-state index contributed by atoms with van der Waals surface area (Å²) in [7, 11) is 0. The fraction of sp³-hybridized carbons (Fsp3) is 0.423. The van der Waals surface area contributed by atoms with Gasteiger partial charge in [0.25, 0.3) is 5.91 Å². The van der Waals surface area contributed by atoms with Crippen LogP contribution in [-0.2, 0) is 27.4 Å². The summed E-state index contributed by atoms with van der Waals surface area (Å²) >= 11 is 0. The van der Waals surface area contributed by atoms with Crippen molar-refractivity contribution >= 4 is 12.0 Å². The van der Waals surface area contributed by atoms with E-state index in [4.69, 9.17) is 9.47 Å². The van der Waals surface area contributed by atoms with E-state index in [-0.39, 0.29) is 19.1 Å². The molecule has 0 aliphatic heterocycles. The first-order valence-corrected chi connectivity index (χ1v) is 11.4. The van der Waals surface area contributed by atoms with Gasteiger partial charge < -0.3 is 20.1 Å². The molecule has 2 aromatic rings. The van der Waals surface area contributed by atoms with Gasteiger partial charge in [-0.05, 0) is 36.8 Å². The number of benzene rings is 2.